The molecule has 0 radical (unpaired) electrons. The Bertz CT molecular complexity index is 500. The number of nitrogens with two attached hydrogens (primary N) is 1. The predicted octanol–water partition coefficient (Wildman–Crippen LogP) is 1.48. The van der Waals surface area contributed by atoms with Gasteiger partial charge in [0.05, 0.1) is 11.5 Å². The Morgan fingerprint density at radius 1 is 1.44 bits per heavy atom. The van der Waals surface area contributed by atoms with E-state index in [9.17, 15) is 8.42 Å². The van der Waals surface area contributed by atoms with Crippen molar-refractivity contribution in [2.45, 2.75) is 31.2 Å². The maximum atomic E-state index is 11.3. The molecule has 1 rings (SSSR count). The standard InChI is InChI=1S/C12H20N2O3S/c1-4-10(8-17-3)14-12-7-11(18(13,15)16)6-5-9(12)2/h5-7,10,14H,4,8H2,1-3H3,(H2,13,15,16). The van der Waals surface area contributed by atoms with Crippen molar-refractivity contribution in [1.29, 1.82) is 0 Å². The molecule has 0 amide bonds. The summed E-state index contributed by atoms with van der Waals surface area (Å²) < 4.78 is 27.7. The molecule has 5 nitrogen and oxygen atoms in total. The molecule has 0 aliphatic heterocycles. The number of rotatable bonds is 6. The molecule has 3 N–H and O–H groups in total. The highest BCUT2D eigenvalue weighted by Gasteiger charge is 2.12. The summed E-state index contributed by atoms with van der Waals surface area (Å²) in [5.41, 5.74) is 1.74. The third kappa shape index (κ3) is 3.97. The van der Waals surface area contributed by atoms with Gasteiger partial charge in [0.25, 0.3) is 0 Å². The van der Waals surface area contributed by atoms with Gasteiger partial charge in [-0.2, -0.15) is 0 Å². The second-order valence-electron chi connectivity index (χ2n) is 4.23. The molecule has 0 aromatic heterocycles. The summed E-state index contributed by atoms with van der Waals surface area (Å²) in [4.78, 5) is 0.114. The fourth-order valence-corrected chi connectivity index (χ4v) is 2.16. The van der Waals surface area contributed by atoms with Crippen molar-refractivity contribution in [3.05, 3.63) is 23.8 Å². The first kappa shape index (κ1) is 14.9. The van der Waals surface area contributed by atoms with E-state index in [1.807, 2.05) is 13.8 Å². The molecule has 0 fully saturated rings. The maximum absolute atomic E-state index is 11.3. The van der Waals surface area contributed by atoms with Crippen LogP contribution in [0.4, 0.5) is 5.69 Å². The lowest BCUT2D eigenvalue weighted by atomic mass is 10.1. The van der Waals surface area contributed by atoms with E-state index in [0.717, 1.165) is 17.7 Å². The summed E-state index contributed by atoms with van der Waals surface area (Å²) in [5, 5.41) is 8.38. The minimum Gasteiger partial charge on any atom is -0.383 e. The minimum absolute atomic E-state index is 0.114. The van der Waals surface area contributed by atoms with Crippen LogP contribution in [0.3, 0.4) is 0 Å². The van der Waals surface area contributed by atoms with Gasteiger partial charge in [-0.3, -0.25) is 0 Å². The Kier molecular flexibility index (Phi) is 5.13. The Morgan fingerprint density at radius 3 is 2.61 bits per heavy atom. The zero-order chi connectivity index (χ0) is 13.8. The number of methoxy groups -OCH3 is 1. The normalized spacial score (nSPS) is 13.3. The molecule has 1 aromatic carbocycles. The van der Waals surface area contributed by atoms with E-state index in [4.69, 9.17) is 9.88 Å². The van der Waals surface area contributed by atoms with Crippen LogP contribution in [0.15, 0.2) is 23.1 Å². The summed E-state index contributed by atoms with van der Waals surface area (Å²) in [7, 11) is -2.03. The van der Waals surface area contributed by atoms with Crippen LogP contribution in [-0.4, -0.2) is 28.2 Å². The summed E-state index contributed by atoms with van der Waals surface area (Å²) in [5.74, 6) is 0. The number of anilines is 1. The average Bonchev–Trinajstić information content (AvgIpc) is 2.29. The van der Waals surface area contributed by atoms with E-state index in [0.29, 0.717) is 6.61 Å². The van der Waals surface area contributed by atoms with Crippen LogP contribution in [0.1, 0.15) is 18.9 Å². The first-order valence-corrected chi connectivity index (χ1v) is 7.32. The summed E-state index contributed by atoms with van der Waals surface area (Å²) >= 11 is 0. The molecule has 1 unspecified atom stereocenters. The highest BCUT2D eigenvalue weighted by Crippen LogP contribution is 2.20. The van der Waals surface area contributed by atoms with Crippen molar-refractivity contribution in [3.8, 4) is 0 Å². The molecule has 1 atom stereocenters. The van der Waals surface area contributed by atoms with E-state index < -0.39 is 10.0 Å². The Morgan fingerprint density at radius 2 is 2.11 bits per heavy atom. The monoisotopic (exact) mass is 272 g/mol. The first-order chi connectivity index (χ1) is 8.38. The fraction of sp³-hybridized carbons (Fsp3) is 0.500. The topological polar surface area (TPSA) is 81.4 Å². The van der Waals surface area contributed by atoms with Crippen molar-refractivity contribution in [3.63, 3.8) is 0 Å². The van der Waals surface area contributed by atoms with Gasteiger partial charge in [-0.1, -0.05) is 13.0 Å². The number of hydrogen-bond donors (Lipinski definition) is 2. The van der Waals surface area contributed by atoms with Crippen molar-refractivity contribution in [1.82, 2.24) is 0 Å². The van der Waals surface area contributed by atoms with Crippen LogP contribution in [0.5, 0.6) is 0 Å². The summed E-state index contributed by atoms with van der Waals surface area (Å²) in [6.45, 7) is 4.51. The number of primary sulfonamides is 1. The number of aryl methyl sites for hydroxylation is 1. The molecule has 0 aliphatic rings. The van der Waals surface area contributed by atoms with E-state index in [1.165, 1.54) is 6.07 Å². The van der Waals surface area contributed by atoms with Crippen molar-refractivity contribution in [2.24, 2.45) is 5.14 Å². The lowest BCUT2D eigenvalue weighted by molar-refractivity contribution is 0.184. The molecule has 1 aromatic rings. The van der Waals surface area contributed by atoms with Gasteiger partial charge in [-0.05, 0) is 31.0 Å². The number of nitrogens with one attached hydrogen (secondary N) is 1. The molecule has 0 saturated heterocycles. The van der Waals surface area contributed by atoms with Crippen molar-refractivity contribution < 1.29 is 13.2 Å². The van der Waals surface area contributed by atoms with Crippen LogP contribution in [0.25, 0.3) is 0 Å². The molecule has 6 heteroatoms. The Balaban J connectivity index is 3.01. The Hall–Kier alpha value is -1.11. The van der Waals surface area contributed by atoms with E-state index in [1.54, 1.807) is 19.2 Å². The van der Waals surface area contributed by atoms with Crippen LogP contribution in [0, 0.1) is 6.92 Å². The molecule has 0 bridgehead atoms. The van der Waals surface area contributed by atoms with Gasteiger partial charge in [-0.25, -0.2) is 13.6 Å². The van der Waals surface area contributed by atoms with Gasteiger partial charge >= 0.3 is 0 Å². The summed E-state index contributed by atoms with van der Waals surface area (Å²) in [6, 6.07) is 4.95. The highest BCUT2D eigenvalue weighted by molar-refractivity contribution is 7.89. The lowest BCUT2D eigenvalue weighted by Crippen LogP contribution is -2.24. The van der Waals surface area contributed by atoms with Gasteiger partial charge in [0.2, 0.25) is 10.0 Å². The van der Waals surface area contributed by atoms with E-state index in [-0.39, 0.29) is 10.9 Å². The SMILES string of the molecule is CCC(COC)Nc1cc(S(N)(=O)=O)ccc1C. The van der Waals surface area contributed by atoms with E-state index in [2.05, 4.69) is 5.32 Å². The van der Waals surface area contributed by atoms with Crippen LogP contribution >= 0.6 is 0 Å². The third-order valence-electron chi connectivity index (χ3n) is 2.76. The number of benzene rings is 1. The van der Waals surface area contributed by atoms with Gasteiger partial charge in [0, 0.05) is 18.8 Å². The zero-order valence-electron chi connectivity index (χ0n) is 10.9. The Labute approximate surface area is 108 Å². The van der Waals surface area contributed by atoms with Crippen molar-refractivity contribution in [2.75, 3.05) is 19.0 Å². The molecule has 102 valence electrons. The van der Waals surface area contributed by atoms with Gasteiger partial charge < -0.3 is 10.1 Å². The fourth-order valence-electron chi connectivity index (χ4n) is 1.62. The zero-order valence-corrected chi connectivity index (χ0v) is 11.8. The molecule has 0 spiro atoms. The second-order valence-corrected chi connectivity index (χ2v) is 5.79. The van der Waals surface area contributed by atoms with E-state index >= 15 is 0 Å². The average molecular weight is 272 g/mol. The van der Waals surface area contributed by atoms with Crippen LogP contribution < -0.4 is 10.5 Å². The quantitative estimate of drug-likeness (QED) is 0.822. The molecule has 0 heterocycles. The number of ether oxygens (including phenoxy) is 1. The molecule has 18 heavy (non-hydrogen) atoms. The smallest absolute Gasteiger partial charge is 0.238 e. The molecular weight excluding hydrogens is 252 g/mol. The second kappa shape index (κ2) is 6.17. The van der Waals surface area contributed by atoms with Crippen molar-refractivity contribution >= 4 is 15.7 Å². The molecule has 0 aliphatic carbocycles. The van der Waals surface area contributed by atoms with Gasteiger partial charge in [-0.15, -0.1) is 0 Å². The largest absolute Gasteiger partial charge is 0.383 e. The number of sulfonamides is 1. The lowest BCUT2D eigenvalue weighted by Gasteiger charge is -2.19. The van der Waals surface area contributed by atoms with Crippen LogP contribution in [-0.2, 0) is 14.8 Å². The maximum Gasteiger partial charge on any atom is 0.238 e. The molecule has 0 saturated carbocycles. The minimum atomic E-state index is -3.67. The molecular formula is C12H20N2O3S. The van der Waals surface area contributed by atoms with Crippen LogP contribution in [0.2, 0.25) is 0 Å². The first-order valence-electron chi connectivity index (χ1n) is 5.77. The predicted molar refractivity (Wildman–Crippen MR) is 72.1 cm³/mol. The summed E-state index contributed by atoms with van der Waals surface area (Å²) in [6.07, 6.45) is 0.882. The van der Waals surface area contributed by atoms with Gasteiger partial charge in [0.1, 0.15) is 0 Å². The highest BCUT2D eigenvalue weighted by atomic mass is 32.2. The van der Waals surface area contributed by atoms with Gasteiger partial charge in [0.15, 0.2) is 0 Å². The number of hydrogen-bond acceptors (Lipinski definition) is 4. The third-order valence-corrected chi connectivity index (χ3v) is 3.67.